The van der Waals surface area contributed by atoms with Crippen molar-refractivity contribution in [3.63, 3.8) is 0 Å². The molecule has 0 aliphatic carbocycles. The number of aromatic nitrogens is 3. The average molecular weight is 257 g/mol. The van der Waals surface area contributed by atoms with Crippen molar-refractivity contribution in [3.8, 4) is 0 Å². The largest absolute Gasteiger partial charge is 0.354 e. The van der Waals surface area contributed by atoms with Gasteiger partial charge in [0.25, 0.3) is 0 Å². The van der Waals surface area contributed by atoms with Crippen LogP contribution in [0.2, 0.25) is 0 Å². The van der Waals surface area contributed by atoms with E-state index in [1.807, 2.05) is 45.3 Å². The number of hydrogen-bond donors (Lipinski definition) is 1. The number of nitrogens with one attached hydrogen (secondary N) is 1. The lowest BCUT2D eigenvalue weighted by Crippen LogP contribution is -2.20. The van der Waals surface area contributed by atoms with Crippen LogP contribution in [0.4, 0.5) is 11.8 Å². The van der Waals surface area contributed by atoms with Crippen LogP contribution in [0.3, 0.4) is 0 Å². The molecule has 0 amide bonds. The summed E-state index contributed by atoms with van der Waals surface area (Å²) in [6.45, 7) is 5.58. The van der Waals surface area contributed by atoms with Gasteiger partial charge in [-0.2, -0.15) is 4.98 Å². The van der Waals surface area contributed by atoms with Gasteiger partial charge in [0.2, 0.25) is 5.95 Å². The van der Waals surface area contributed by atoms with E-state index in [2.05, 4.69) is 25.2 Å². The van der Waals surface area contributed by atoms with E-state index in [9.17, 15) is 0 Å². The molecule has 2 aromatic heterocycles. The van der Waals surface area contributed by atoms with Crippen molar-refractivity contribution >= 4 is 11.8 Å². The van der Waals surface area contributed by atoms with E-state index in [0.29, 0.717) is 5.95 Å². The second-order valence-electron chi connectivity index (χ2n) is 4.41. The fraction of sp³-hybridized carbons (Fsp3) is 0.357. The van der Waals surface area contributed by atoms with Gasteiger partial charge in [-0.05, 0) is 26.0 Å². The Labute approximate surface area is 113 Å². The van der Waals surface area contributed by atoms with Gasteiger partial charge in [-0.1, -0.05) is 6.07 Å². The molecule has 0 spiro atoms. The fourth-order valence-electron chi connectivity index (χ4n) is 1.87. The van der Waals surface area contributed by atoms with Crippen LogP contribution < -0.4 is 10.2 Å². The molecule has 0 bridgehead atoms. The predicted octanol–water partition coefficient (Wildman–Crippen LogP) is 2.25. The number of aryl methyl sites for hydroxylation is 1. The maximum absolute atomic E-state index is 4.53. The number of nitrogens with zero attached hydrogens (tertiary/aromatic N) is 4. The lowest BCUT2D eigenvalue weighted by atomic mass is 10.3. The lowest BCUT2D eigenvalue weighted by molar-refractivity contribution is 0.854. The van der Waals surface area contributed by atoms with Gasteiger partial charge in [0, 0.05) is 31.5 Å². The Kier molecular flexibility index (Phi) is 4.28. The number of anilines is 2. The third-order valence-corrected chi connectivity index (χ3v) is 2.77. The highest BCUT2D eigenvalue weighted by Gasteiger charge is 2.09. The quantitative estimate of drug-likeness (QED) is 0.890. The molecule has 5 nitrogen and oxygen atoms in total. The smallest absolute Gasteiger partial charge is 0.224 e. The highest BCUT2D eigenvalue weighted by atomic mass is 15.2. The summed E-state index contributed by atoms with van der Waals surface area (Å²) in [5.41, 5.74) is 2.08. The van der Waals surface area contributed by atoms with E-state index in [1.54, 1.807) is 6.20 Å². The van der Waals surface area contributed by atoms with Crippen LogP contribution in [0.1, 0.15) is 18.2 Å². The zero-order chi connectivity index (χ0) is 13.7. The molecule has 0 aliphatic heterocycles. The zero-order valence-electron chi connectivity index (χ0n) is 11.6. The normalized spacial score (nSPS) is 10.3. The molecule has 0 aliphatic rings. The molecule has 0 unspecified atom stereocenters. The average Bonchev–Trinajstić information content (AvgIpc) is 2.42. The molecule has 1 N–H and O–H groups in total. The predicted molar refractivity (Wildman–Crippen MR) is 77.3 cm³/mol. The van der Waals surface area contributed by atoms with Crippen LogP contribution in [-0.2, 0) is 6.54 Å². The summed E-state index contributed by atoms with van der Waals surface area (Å²) in [7, 11) is 2.01. The van der Waals surface area contributed by atoms with Crippen LogP contribution in [0.15, 0.2) is 30.6 Å². The zero-order valence-corrected chi connectivity index (χ0v) is 11.6. The molecule has 2 heterocycles. The molecular weight excluding hydrogens is 238 g/mol. The van der Waals surface area contributed by atoms with Crippen molar-refractivity contribution in [2.45, 2.75) is 20.4 Å². The van der Waals surface area contributed by atoms with Gasteiger partial charge in [0.05, 0.1) is 12.2 Å². The minimum atomic E-state index is 0.663. The summed E-state index contributed by atoms with van der Waals surface area (Å²) >= 11 is 0. The molecule has 0 saturated heterocycles. The first-order chi connectivity index (χ1) is 9.20. The van der Waals surface area contributed by atoms with E-state index >= 15 is 0 Å². The highest BCUT2D eigenvalue weighted by molar-refractivity contribution is 5.48. The molecule has 0 radical (unpaired) electrons. The van der Waals surface area contributed by atoms with Gasteiger partial charge in [-0.15, -0.1) is 0 Å². The van der Waals surface area contributed by atoms with Crippen molar-refractivity contribution in [1.82, 2.24) is 15.0 Å². The van der Waals surface area contributed by atoms with Gasteiger partial charge in [0.1, 0.15) is 5.82 Å². The minimum Gasteiger partial charge on any atom is -0.354 e. The van der Waals surface area contributed by atoms with Crippen molar-refractivity contribution in [3.05, 3.63) is 41.9 Å². The molecule has 5 heteroatoms. The summed E-state index contributed by atoms with van der Waals surface area (Å²) < 4.78 is 0. The molecule has 0 aromatic carbocycles. The third-order valence-electron chi connectivity index (χ3n) is 2.77. The van der Waals surface area contributed by atoms with E-state index < -0.39 is 0 Å². The molecule has 2 aromatic rings. The van der Waals surface area contributed by atoms with Gasteiger partial charge in [0.15, 0.2) is 0 Å². The van der Waals surface area contributed by atoms with E-state index in [1.165, 1.54) is 0 Å². The summed E-state index contributed by atoms with van der Waals surface area (Å²) in [6, 6.07) is 5.92. The van der Waals surface area contributed by atoms with Crippen molar-refractivity contribution in [2.75, 3.05) is 23.8 Å². The Morgan fingerprint density at radius 1 is 1.26 bits per heavy atom. The topological polar surface area (TPSA) is 53.9 Å². The molecule has 100 valence electrons. The van der Waals surface area contributed by atoms with Crippen molar-refractivity contribution in [2.24, 2.45) is 0 Å². The fourth-order valence-corrected chi connectivity index (χ4v) is 1.87. The van der Waals surface area contributed by atoms with Crippen LogP contribution in [0.5, 0.6) is 0 Å². The van der Waals surface area contributed by atoms with E-state index in [-0.39, 0.29) is 0 Å². The third kappa shape index (κ3) is 3.40. The summed E-state index contributed by atoms with van der Waals surface area (Å²) in [5, 5.41) is 3.13. The van der Waals surface area contributed by atoms with Crippen LogP contribution in [0, 0.1) is 6.92 Å². The first-order valence-corrected chi connectivity index (χ1v) is 6.39. The Morgan fingerprint density at radius 3 is 2.79 bits per heavy atom. The number of rotatable bonds is 5. The Hall–Kier alpha value is -2.17. The summed E-state index contributed by atoms with van der Waals surface area (Å²) in [5.74, 6) is 1.59. The second-order valence-corrected chi connectivity index (χ2v) is 4.41. The maximum Gasteiger partial charge on any atom is 0.224 e. The monoisotopic (exact) mass is 257 g/mol. The van der Waals surface area contributed by atoms with Gasteiger partial charge < -0.3 is 10.2 Å². The van der Waals surface area contributed by atoms with Crippen molar-refractivity contribution in [1.29, 1.82) is 0 Å². The first kappa shape index (κ1) is 13.3. The molecule has 19 heavy (non-hydrogen) atoms. The second kappa shape index (κ2) is 6.13. The molecule has 2 rings (SSSR count). The standard InChI is InChI=1S/C14H19N5/c1-4-15-14-17-9-11(2)13(18-14)19(3)10-12-7-5-6-8-16-12/h5-9H,4,10H2,1-3H3,(H,15,17,18). The van der Waals surface area contributed by atoms with Gasteiger partial charge in [-0.3, -0.25) is 4.98 Å². The Morgan fingerprint density at radius 2 is 2.11 bits per heavy atom. The van der Waals surface area contributed by atoms with Gasteiger partial charge in [-0.25, -0.2) is 4.98 Å². The maximum atomic E-state index is 4.53. The number of hydrogen-bond acceptors (Lipinski definition) is 5. The van der Waals surface area contributed by atoms with Crippen LogP contribution >= 0.6 is 0 Å². The van der Waals surface area contributed by atoms with Crippen LogP contribution in [0.25, 0.3) is 0 Å². The molecular formula is C14H19N5. The van der Waals surface area contributed by atoms with E-state index in [0.717, 1.165) is 30.2 Å². The van der Waals surface area contributed by atoms with Crippen LogP contribution in [-0.4, -0.2) is 28.5 Å². The first-order valence-electron chi connectivity index (χ1n) is 6.39. The highest BCUT2D eigenvalue weighted by Crippen LogP contribution is 2.18. The molecule has 0 saturated carbocycles. The van der Waals surface area contributed by atoms with Gasteiger partial charge >= 0.3 is 0 Å². The summed E-state index contributed by atoms with van der Waals surface area (Å²) in [6.07, 6.45) is 3.65. The van der Waals surface area contributed by atoms with E-state index in [4.69, 9.17) is 0 Å². The molecule has 0 fully saturated rings. The Bertz CT molecular complexity index is 527. The number of pyridine rings is 1. The lowest BCUT2D eigenvalue weighted by Gasteiger charge is -2.20. The SMILES string of the molecule is CCNc1ncc(C)c(N(C)Cc2ccccn2)n1. The Balaban J connectivity index is 2.18. The summed E-state index contributed by atoms with van der Waals surface area (Å²) in [4.78, 5) is 15.2. The molecule has 0 atom stereocenters. The minimum absolute atomic E-state index is 0.663. The van der Waals surface area contributed by atoms with Crippen molar-refractivity contribution < 1.29 is 0 Å².